The summed E-state index contributed by atoms with van der Waals surface area (Å²) in [5.74, 6) is -0.169. The summed E-state index contributed by atoms with van der Waals surface area (Å²) in [7, 11) is 0. The molecule has 1 aromatic rings. The van der Waals surface area contributed by atoms with Gasteiger partial charge in [-0.05, 0) is 24.1 Å². The summed E-state index contributed by atoms with van der Waals surface area (Å²) in [6, 6.07) is 6.99. The lowest BCUT2D eigenvalue weighted by atomic mass is 10.1. The van der Waals surface area contributed by atoms with Crippen molar-refractivity contribution in [1.29, 1.82) is 0 Å². The first-order valence-electron chi connectivity index (χ1n) is 7.66. The second-order valence-corrected chi connectivity index (χ2v) is 5.26. The van der Waals surface area contributed by atoms with Crippen LogP contribution in [0.25, 0.3) is 0 Å². The van der Waals surface area contributed by atoms with E-state index in [1.54, 1.807) is 12.1 Å². The molecule has 1 aliphatic heterocycles. The molecule has 0 saturated carbocycles. The van der Waals surface area contributed by atoms with Gasteiger partial charge in [-0.2, -0.15) is 0 Å². The van der Waals surface area contributed by atoms with Crippen molar-refractivity contribution in [2.75, 3.05) is 26.3 Å². The highest BCUT2D eigenvalue weighted by Gasteiger charge is 2.20. The van der Waals surface area contributed by atoms with Crippen LogP contribution < -0.4 is 16.0 Å². The van der Waals surface area contributed by atoms with Crippen molar-refractivity contribution in [3.05, 3.63) is 35.4 Å². The number of amides is 2. The van der Waals surface area contributed by atoms with Crippen molar-refractivity contribution in [2.24, 2.45) is 0 Å². The molecule has 7 heteroatoms. The second-order valence-electron chi connectivity index (χ2n) is 5.26. The Hall–Kier alpha value is -1.63. The monoisotopic (exact) mass is 341 g/mol. The van der Waals surface area contributed by atoms with E-state index in [1.165, 1.54) is 0 Å². The predicted octanol–water partition coefficient (Wildman–Crippen LogP) is 0.853. The van der Waals surface area contributed by atoms with Gasteiger partial charge in [0, 0.05) is 25.2 Å². The zero-order valence-electron chi connectivity index (χ0n) is 13.3. The van der Waals surface area contributed by atoms with Crippen molar-refractivity contribution >= 4 is 24.2 Å². The van der Waals surface area contributed by atoms with Crippen molar-refractivity contribution in [1.82, 2.24) is 16.0 Å². The smallest absolute Gasteiger partial charge is 0.251 e. The number of nitrogens with one attached hydrogen (secondary N) is 3. The first-order chi connectivity index (χ1) is 10.7. The molecule has 0 bridgehead atoms. The van der Waals surface area contributed by atoms with Gasteiger partial charge in [-0.1, -0.05) is 19.1 Å². The Labute approximate surface area is 142 Å². The second kappa shape index (κ2) is 10.2. The number of hydrogen-bond acceptors (Lipinski definition) is 4. The molecule has 1 aliphatic rings. The molecular weight excluding hydrogens is 318 g/mol. The summed E-state index contributed by atoms with van der Waals surface area (Å²) in [4.78, 5) is 23.9. The van der Waals surface area contributed by atoms with Gasteiger partial charge in [0.2, 0.25) is 5.91 Å². The molecular formula is C16H24ClN3O3. The Bertz CT molecular complexity index is 519. The van der Waals surface area contributed by atoms with E-state index in [9.17, 15) is 9.59 Å². The largest absolute Gasteiger partial charge is 0.378 e. The normalized spacial score (nSPS) is 17.0. The van der Waals surface area contributed by atoms with Gasteiger partial charge in [-0.15, -0.1) is 12.4 Å². The Morgan fingerprint density at radius 1 is 1.35 bits per heavy atom. The topological polar surface area (TPSA) is 79.5 Å². The summed E-state index contributed by atoms with van der Waals surface area (Å²) >= 11 is 0. The van der Waals surface area contributed by atoms with Crippen LogP contribution in [0.5, 0.6) is 0 Å². The van der Waals surface area contributed by atoms with Crippen LogP contribution in [0.2, 0.25) is 0 Å². The first-order valence-corrected chi connectivity index (χ1v) is 7.66. The van der Waals surface area contributed by atoms with Crippen LogP contribution in [0.4, 0.5) is 0 Å². The van der Waals surface area contributed by atoms with Crippen LogP contribution in [0.1, 0.15) is 29.3 Å². The van der Waals surface area contributed by atoms with E-state index in [1.807, 2.05) is 19.1 Å². The summed E-state index contributed by atoms with van der Waals surface area (Å²) in [6.45, 7) is 4.78. The van der Waals surface area contributed by atoms with Gasteiger partial charge >= 0.3 is 0 Å². The van der Waals surface area contributed by atoms with E-state index in [0.29, 0.717) is 38.4 Å². The predicted molar refractivity (Wildman–Crippen MR) is 90.8 cm³/mol. The lowest BCUT2D eigenvalue weighted by molar-refractivity contribution is -0.126. The third kappa shape index (κ3) is 6.17. The number of hydrogen-bond donors (Lipinski definition) is 3. The highest BCUT2D eigenvalue weighted by Crippen LogP contribution is 2.05. The van der Waals surface area contributed by atoms with Gasteiger partial charge in [-0.3, -0.25) is 9.59 Å². The van der Waals surface area contributed by atoms with Crippen LogP contribution in [0, 0.1) is 0 Å². The number of halogens is 1. The SMILES string of the molecule is CCCNC(=O)c1cccc(CNC(=O)C2COCCN2)c1.Cl. The molecule has 0 aliphatic carbocycles. The molecule has 23 heavy (non-hydrogen) atoms. The fourth-order valence-corrected chi connectivity index (χ4v) is 2.21. The minimum absolute atomic E-state index is 0. The molecule has 1 saturated heterocycles. The zero-order chi connectivity index (χ0) is 15.8. The van der Waals surface area contributed by atoms with Crippen molar-refractivity contribution in [3.8, 4) is 0 Å². The maximum absolute atomic E-state index is 12.0. The van der Waals surface area contributed by atoms with E-state index in [2.05, 4.69) is 16.0 Å². The third-order valence-corrected chi connectivity index (χ3v) is 3.43. The quantitative estimate of drug-likeness (QED) is 0.717. The fourth-order valence-electron chi connectivity index (χ4n) is 2.21. The van der Waals surface area contributed by atoms with Crippen LogP contribution in [0.3, 0.4) is 0 Å². The molecule has 1 unspecified atom stereocenters. The molecule has 128 valence electrons. The molecule has 1 fully saturated rings. The molecule has 1 heterocycles. The molecule has 0 radical (unpaired) electrons. The highest BCUT2D eigenvalue weighted by molar-refractivity contribution is 5.94. The summed E-state index contributed by atoms with van der Waals surface area (Å²) in [5.41, 5.74) is 1.51. The van der Waals surface area contributed by atoms with Crippen LogP contribution in [-0.2, 0) is 16.1 Å². The fraction of sp³-hybridized carbons (Fsp3) is 0.500. The maximum Gasteiger partial charge on any atom is 0.251 e. The lowest BCUT2D eigenvalue weighted by Gasteiger charge is -2.22. The van der Waals surface area contributed by atoms with Gasteiger partial charge in [0.05, 0.1) is 13.2 Å². The molecule has 2 rings (SSSR count). The number of benzene rings is 1. The zero-order valence-corrected chi connectivity index (χ0v) is 14.1. The Morgan fingerprint density at radius 2 is 2.17 bits per heavy atom. The van der Waals surface area contributed by atoms with Crippen molar-refractivity contribution in [3.63, 3.8) is 0 Å². The standard InChI is InChI=1S/C16H23N3O3.ClH/c1-2-6-18-15(20)13-5-3-4-12(9-13)10-19-16(21)14-11-22-8-7-17-14;/h3-5,9,14,17H,2,6-8,10-11H2,1H3,(H,18,20)(H,19,21);1H. The van der Waals surface area contributed by atoms with E-state index in [0.717, 1.165) is 12.0 Å². The van der Waals surface area contributed by atoms with Crippen LogP contribution >= 0.6 is 12.4 Å². The Kier molecular flexibility index (Phi) is 8.61. The van der Waals surface area contributed by atoms with E-state index in [4.69, 9.17) is 4.74 Å². The molecule has 0 aromatic heterocycles. The van der Waals surface area contributed by atoms with Crippen LogP contribution in [0.15, 0.2) is 24.3 Å². The summed E-state index contributed by atoms with van der Waals surface area (Å²) in [5, 5.41) is 8.81. The van der Waals surface area contributed by atoms with Gasteiger partial charge in [0.15, 0.2) is 0 Å². The minimum atomic E-state index is -0.301. The van der Waals surface area contributed by atoms with Gasteiger partial charge in [0.1, 0.15) is 6.04 Å². The average molecular weight is 342 g/mol. The molecule has 1 atom stereocenters. The Morgan fingerprint density at radius 3 is 2.87 bits per heavy atom. The number of morpholine rings is 1. The number of rotatable bonds is 6. The van der Waals surface area contributed by atoms with Crippen molar-refractivity contribution in [2.45, 2.75) is 25.9 Å². The number of carbonyl (C=O) groups excluding carboxylic acids is 2. The van der Waals surface area contributed by atoms with Crippen LogP contribution in [-0.4, -0.2) is 44.2 Å². The van der Waals surface area contributed by atoms with Gasteiger partial charge < -0.3 is 20.7 Å². The van der Waals surface area contributed by atoms with Crippen molar-refractivity contribution < 1.29 is 14.3 Å². The molecule has 2 amide bonds. The van der Waals surface area contributed by atoms with Gasteiger partial charge in [-0.25, -0.2) is 0 Å². The number of ether oxygens (including phenoxy) is 1. The third-order valence-electron chi connectivity index (χ3n) is 3.43. The van der Waals surface area contributed by atoms with E-state index >= 15 is 0 Å². The van der Waals surface area contributed by atoms with Gasteiger partial charge in [0.25, 0.3) is 5.91 Å². The molecule has 6 nitrogen and oxygen atoms in total. The molecule has 0 spiro atoms. The molecule has 1 aromatic carbocycles. The maximum atomic E-state index is 12.0. The summed E-state index contributed by atoms with van der Waals surface area (Å²) < 4.78 is 5.27. The highest BCUT2D eigenvalue weighted by atomic mass is 35.5. The van der Waals surface area contributed by atoms with E-state index in [-0.39, 0.29) is 30.3 Å². The first kappa shape index (κ1) is 19.4. The van der Waals surface area contributed by atoms with E-state index < -0.39 is 0 Å². The average Bonchev–Trinajstić information content (AvgIpc) is 2.58. The minimum Gasteiger partial charge on any atom is -0.378 e. The number of carbonyl (C=O) groups is 2. The molecule has 3 N–H and O–H groups in total. The Balaban J connectivity index is 0.00000264. The summed E-state index contributed by atoms with van der Waals surface area (Å²) in [6.07, 6.45) is 0.901. The lowest BCUT2D eigenvalue weighted by Crippen LogP contribution is -2.51.